The molecule has 0 amide bonds. The van der Waals surface area contributed by atoms with Crippen molar-refractivity contribution in [3.8, 4) is 56.8 Å². The molecule has 0 saturated carbocycles. The highest BCUT2D eigenvalue weighted by atomic mass is 15.0. The lowest BCUT2D eigenvalue weighted by Gasteiger charge is -2.21. The van der Waals surface area contributed by atoms with Crippen LogP contribution < -0.4 is 0 Å². The van der Waals surface area contributed by atoms with Crippen LogP contribution in [-0.4, -0.2) is 14.5 Å². The second-order valence-corrected chi connectivity index (χ2v) is 13.2. The molecule has 2 aromatic heterocycles. The minimum absolute atomic E-state index is 0.125. The molecule has 5 heteroatoms. The third-order valence-electron chi connectivity index (χ3n) is 10.1. The van der Waals surface area contributed by atoms with E-state index >= 15 is 0 Å². The van der Waals surface area contributed by atoms with E-state index in [1.165, 1.54) is 22.3 Å². The summed E-state index contributed by atoms with van der Waals surface area (Å²) >= 11 is 0. The highest BCUT2D eigenvalue weighted by Gasteiger charge is 2.36. The molecule has 1 aliphatic rings. The quantitative estimate of drug-likeness (QED) is 0.180. The zero-order valence-corrected chi connectivity index (χ0v) is 27.5. The number of hydrogen-bond donors (Lipinski definition) is 0. The number of hydrogen-bond acceptors (Lipinski definition) is 3. The Bertz CT molecular complexity index is 2740. The van der Waals surface area contributed by atoms with Crippen molar-refractivity contribution < 1.29 is 0 Å². The predicted octanol–water partition coefficient (Wildman–Crippen LogP) is 11.3. The minimum atomic E-state index is -0.125. The van der Waals surface area contributed by atoms with Crippen LogP contribution in [0.3, 0.4) is 0 Å². The molecule has 0 atom stereocenters. The van der Waals surface area contributed by atoms with Gasteiger partial charge in [0.25, 0.3) is 0 Å². The summed E-state index contributed by atoms with van der Waals surface area (Å²) in [6, 6.07) is 49.5. The van der Waals surface area contributed by atoms with Gasteiger partial charge in [0.05, 0.1) is 34.7 Å². The second-order valence-electron chi connectivity index (χ2n) is 13.2. The fourth-order valence-corrected chi connectivity index (χ4v) is 7.67. The van der Waals surface area contributed by atoms with Gasteiger partial charge in [-0.1, -0.05) is 123 Å². The largest absolute Gasteiger partial charge is 0.319 e. The Labute approximate surface area is 290 Å². The summed E-state index contributed by atoms with van der Waals surface area (Å²) < 4.78 is 2.21. The van der Waals surface area contributed by atoms with Gasteiger partial charge in [0.15, 0.2) is 5.82 Å². The number of nitriles is 1. The van der Waals surface area contributed by atoms with Crippen molar-refractivity contribution in [1.29, 1.82) is 5.26 Å². The van der Waals surface area contributed by atoms with E-state index in [0.717, 1.165) is 38.6 Å². The van der Waals surface area contributed by atoms with E-state index in [9.17, 15) is 5.26 Å². The van der Waals surface area contributed by atoms with E-state index in [1.54, 1.807) is 0 Å². The molecule has 5 nitrogen and oxygen atoms in total. The van der Waals surface area contributed by atoms with Gasteiger partial charge < -0.3 is 4.57 Å². The standard InChI is InChI=1S/C45H29N5/c1-45(2)36-20-12-10-18-31(36)33-26-41-34(25-37(33)45)32-19-11-13-21-39(32)50(41)40-23-22-30(24-38(40)47-3)43-35(27-46)42(28-14-6-4-7-15-28)48-44(49-43)29-16-8-5-9-17-29/h4-26H,1-2H3. The molecular formula is C45H29N5. The maximum atomic E-state index is 10.5. The lowest BCUT2D eigenvalue weighted by Crippen LogP contribution is -2.14. The van der Waals surface area contributed by atoms with E-state index in [2.05, 4.69) is 83.9 Å². The molecular weight excluding hydrogens is 611 g/mol. The fourth-order valence-electron chi connectivity index (χ4n) is 7.67. The van der Waals surface area contributed by atoms with E-state index in [0.29, 0.717) is 34.0 Å². The summed E-state index contributed by atoms with van der Waals surface area (Å²) in [5.41, 5.74) is 12.1. The van der Waals surface area contributed by atoms with Crippen molar-refractivity contribution in [1.82, 2.24) is 14.5 Å². The number of para-hydroxylation sites is 1. The third kappa shape index (κ3) is 4.31. The Balaban J connectivity index is 1.29. The number of nitrogens with zero attached hydrogens (tertiary/aromatic N) is 5. The van der Waals surface area contributed by atoms with Crippen LogP contribution in [0.15, 0.2) is 140 Å². The van der Waals surface area contributed by atoms with E-state index in [1.807, 2.05) is 84.9 Å². The van der Waals surface area contributed by atoms with Gasteiger partial charge >= 0.3 is 0 Å². The molecule has 0 aliphatic heterocycles. The number of rotatable bonds is 4. The summed E-state index contributed by atoms with van der Waals surface area (Å²) in [6.07, 6.45) is 0. The van der Waals surface area contributed by atoms with Crippen molar-refractivity contribution in [3.05, 3.63) is 168 Å². The lowest BCUT2D eigenvalue weighted by molar-refractivity contribution is 0.661. The molecule has 9 rings (SSSR count). The van der Waals surface area contributed by atoms with Crippen molar-refractivity contribution >= 4 is 27.5 Å². The molecule has 0 unspecified atom stereocenters. The van der Waals surface area contributed by atoms with Crippen LogP contribution in [0.5, 0.6) is 0 Å². The Morgan fingerprint density at radius 3 is 2.02 bits per heavy atom. The minimum Gasteiger partial charge on any atom is -0.319 e. The number of benzene rings is 6. The topological polar surface area (TPSA) is 58.9 Å². The monoisotopic (exact) mass is 639 g/mol. The number of aromatic nitrogens is 3. The van der Waals surface area contributed by atoms with Gasteiger partial charge in [-0.3, -0.25) is 0 Å². The van der Waals surface area contributed by atoms with Crippen LogP contribution >= 0.6 is 0 Å². The zero-order chi connectivity index (χ0) is 34.0. The molecule has 0 N–H and O–H groups in total. The number of fused-ring (bicyclic) bond motifs is 6. The van der Waals surface area contributed by atoms with Crippen molar-refractivity contribution in [2.24, 2.45) is 0 Å². The Morgan fingerprint density at radius 1 is 0.620 bits per heavy atom. The second kappa shape index (κ2) is 11.1. The average Bonchev–Trinajstić information content (AvgIpc) is 3.61. The third-order valence-corrected chi connectivity index (χ3v) is 10.1. The molecule has 0 saturated heterocycles. The first-order valence-corrected chi connectivity index (χ1v) is 16.6. The predicted molar refractivity (Wildman–Crippen MR) is 201 cm³/mol. The first kappa shape index (κ1) is 29.3. The highest BCUT2D eigenvalue weighted by molar-refractivity contribution is 6.12. The van der Waals surface area contributed by atoms with Gasteiger partial charge in [0.1, 0.15) is 11.6 Å². The van der Waals surface area contributed by atoms with Crippen molar-refractivity contribution in [2.45, 2.75) is 19.3 Å². The zero-order valence-electron chi connectivity index (χ0n) is 27.5. The molecule has 0 spiro atoms. The molecule has 2 heterocycles. The Morgan fingerprint density at radius 2 is 1.28 bits per heavy atom. The molecule has 0 fully saturated rings. The first-order valence-electron chi connectivity index (χ1n) is 16.6. The molecule has 1 aliphatic carbocycles. The van der Waals surface area contributed by atoms with Crippen LogP contribution in [0.2, 0.25) is 0 Å². The maximum Gasteiger partial charge on any atom is 0.211 e. The molecule has 0 bridgehead atoms. The van der Waals surface area contributed by atoms with Crippen LogP contribution in [0.1, 0.15) is 30.5 Å². The van der Waals surface area contributed by atoms with Gasteiger partial charge in [0.2, 0.25) is 5.69 Å². The van der Waals surface area contributed by atoms with Gasteiger partial charge in [-0.25, -0.2) is 14.8 Å². The van der Waals surface area contributed by atoms with Crippen LogP contribution in [0.25, 0.3) is 77.4 Å². The van der Waals surface area contributed by atoms with Crippen LogP contribution in [0.4, 0.5) is 5.69 Å². The molecule has 0 radical (unpaired) electrons. The Kier molecular flexibility index (Phi) is 6.53. The molecule has 50 heavy (non-hydrogen) atoms. The maximum absolute atomic E-state index is 10.5. The summed E-state index contributed by atoms with van der Waals surface area (Å²) in [5.74, 6) is 0.520. The van der Waals surface area contributed by atoms with E-state index < -0.39 is 0 Å². The first-order chi connectivity index (χ1) is 24.5. The summed E-state index contributed by atoms with van der Waals surface area (Å²) in [4.78, 5) is 13.9. The van der Waals surface area contributed by atoms with Crippen molar-refractivity contribution in [2.75, 3.05) is 0 Å². The van der Waals surface area contributed by atoms with Crippen LogP contribution in [-0.2, 0) is 5.41 Å². The van der Waals surface area contributed by atoms with E-state index in [-0.39, 0.29) is 5.41 Å². The van der Waals surface area contributed by atoms with Gasteiger partial charge in [0, 0.05) is 27.3 Å². The average molecular weight is 640 g/mol. The van der Waals surface area contributed by atoms with Crippen LogP contribution in [0, 0.1) is 17.9 Å². The fraction of sp³-hybridized carbons (Fsp3) is 0.0667. The molecule has 8 aromatic rings. The van der Waals surface area contributed by atoms with Gasteiger partial charge in [-0.05, 0) is 58.1 Å². The summed E-state index contributed by atoms with van der Waals surface area (Å²) in [6.45, 7) is 13.0. The molecule has 234 valence electrons. The van der Waals surface area contributed by atoms with E-state index in [4.69, 9.17) is 16.5 Å². The van der Waals surface area contributed by atoms with Gasteiger partial charge in [-0.15, -0.1) is 0 Å². The van der Waals surface area contributed by atoms with Crippen molar-refractivity contribution in [3.63, 3.8) is 0 Å². The summed E-state index contributed by atoms with van der Waals surface area (Å²) in [5, 5.41) is 12.8. The SMILES string of the molecule is [C-]#[N+]c1cc(-c2nc(-c3ccccc3)nc(-c3ccccc3)c2C#N)ccc1-n1c2ccccc2c2cc3c(cc21)-c1ccccc1C3(C)C. The normalized spacial score (nSPS) is 12.7. The molecule has 6 aromatic carbocycles. The Hall–Kier alpha value is -6.82. The highest BCUT2D eigenvalue weighted by Crippen LogP contribution is 2.51. The smallest absolute Gasteiger partial charge is 0.211 e. The lowest BCUT2D eigenvalue weighted by atomic mass is 9.82. The summed E-state index contributed by atoms with van der Waals surface area (Å²) in [7, 11) is 0. The van der Waals surface area contributed by atoms with Gasteiger partial charge in [-0.2, -0.15) is 5.26 Å².